The van der Waals surface area contributed by atoms with Crippen LogP contribution in [0.1, 0.15) is 31.7 Å². The number of nitrogens with zero attached hydrogens (tertiary/aromatic N) is 4. The molecule has 1 aromatic heterocycles. The highest BCUT2D eigenvalue weighted by Crippen LogP contribution is 2.13. The van der Waals surface area contributed by atoms with E-state index >= 15 is 0 Å². The molecule has 1 saturated heterocycles. The van der Waals surface area contributed by atoms with Crippen LogP contribution in [0.4, 0.5) is 5.82 Å². The van der Waals surface area contributed by atoms with Gasteiger partial charge in [-0.25, -0.2) is 4.98 Å². The lowest BCUT2D eigenvalue weighted by atomic mass is 10.2. The monoisotopic (exact) mass is 376 g/mol. The Morgan fingerprint density at radius 1 is 1.15 bits per heavy atom. The predicted octanol–water partition coefficient (Wildman–Crippen LogP) is 1.71. The topological polar surface area (TPSA) is 65.0 Å². The van der Waals surface area contributed by atoms with E-state index in [1.165, 1.54) is 6.42 Å². The van der Waals surface area contributed by atoms with Crippen LogP contribution < -0.4 is 15.5 Å². The van der Waals surface area contributed by atoms with Gasteiger partial charge in [0.2, 0.25) is 0 Å². The Labute approximate surface area is 164 Å². The van der Waals surface area contributed by atoms with Crippen molar-refractivity contribution < 1.29 is 4.74 Å². The van der Waals surface area contributed by atoms with Crippen LogP contribution in [0.15, 0.2) is 23.3 Å². The lowest BCUT2D eigenvalue weighted by Crippen LogP contribution is -2.44. The Morgan fingerprint density at radius 2 is 1.93 bits per heavy atom. The van der Waals surface area contributed by atoms with Crippen molar-refractivity contribution >= 4 is 11.8 Å². The smallest absolute Gasteiger partial charge is 0.191 e. The number of nitrogens with one attached hydrogen (secondary N) is 2. The van der Waals surface area contributed by atoms with Crippen LogP contribution in [0.3, 0.4) is 0 Å². The van der Waals surface area contributed by atoms with E-state index in [9.17, 15) is 0 Å². The molecule has 7 heteroatoms. The van der Waals surface area contributed by atoms with Gasteiger partial charge < -0.3 is 25.2 Å². The second-order valence-electron chi connectivity index (χ2n) is 6.99. The maximum atomic E-state index is 5.57. The van der Waals surface area contributed by atoms with Gasteiger partial charge in [-0.1, -0.05) is 19.4 Å². The number of aromatic nitrogens is 1. The molecule has 0 bridgehead atoms. The van der Waals surface area contributed by atoms with E-state index < -0.39 is 0 Å². The van der Waals surface area contributed by atoms with Crippen LogP contribution >= 0.6 is 0 Å². The van der Waals surface area contributed by atoms with Crippen molar-refractivity contribution in [1.29, 1.82) is 0 Å². The first-order valence-electron chi connectivity index (χ1n) is 10.1. The van der Waals surface area contributed by atoms with Gasteiger partial charge in [-0.3, -0.25) is 4.99 Å². The van der Waals surface area contributed by atoms with Crippen LogP contribution in [0.5, 0.6) is 0 Å². The molecule has 0 aliphatic carbocycles. The van der Waals surface area contributed by atoms with Crippen LogP contribution in [-0.4, -0.2) is 75.9 Å². The third kappa shape index (κ3) is 8.13. The minimum absolute atomic E-state index is 0.711. The number of rotatable bonds is 10. The number of pyridine rings is 1. The lowest BCUT2D eigenvalue weighted by molar-refractivity contribution is 0.129. The molecule has 1 aliphatic rings. The zero-order valence-electron chi connectivity index (χ0n) is 17.2. The largest absolute Gasteiger partial charge is 0.381 e. The average molecular weight is 377 g/mol. The number of hydrogen-bond donors (Lipinski definition) is 2. The summed E-state index contributed by atoms with van der Waals surface area (Å²) < 4.78 is 5.57. The average Bonchev–Trinajstić information content (AvgIpc) is 2.70. The third-order valence-corrected chi connectivity index (χ3v) is 4.72. The first-order valence-corrected chi connectivity index (χ1v) is 10.1. The minimum Gasteiger partial charge on any atom is -0.381 e. The molecule has 0 unspecified atom stereocenters. The molecule has 0 spiro atoms. The number of ether oxygens (including phenoxy) is 1. The molecular weight excluding hydrogens is 340 g/mol. The van der Waals surface area contributed by atoms with E-state index in [2.05, 4.69) is 56.5 Å². The van der Waals surface area contributed by atoms with Crippen LogP contribution in [-0.2, 0) is 11.3 Å². The van der Waals surface area contributed by atoms with Crippen molar-refractivity contribution in [3.8, 4) is 0 Å². The summed E-state index contributed by atoms with van der Waals surface area (Å²) in [7, 11) is 3.96. The summed E-state index contributed by atoms with van der Waals surface area (Å²) in [5, 5.41) is 6.66. The van der Waals surface area contributed by atoms with Crippen molar-refractivity contribution in [2.24, 2.45) is 4.99 Å². The van der Waals surface area contributed by atoms with E-state index in [1.807, 2.05) is 6.20 Å². The first-order chi connectivity index (χ1) is 13.2. The summed E-state index contributed by atoms with van der Waals surface area (Å²) in [6.45, 7) is 9.67. The van der Waals surface area contributed by atoms with E-state index in [0.717, 1.165) is 76.1 Å². The molecular formula is C20H36N6O. The van der Waals surface area contributed by atoms with Crippen molar-refractivity contribution in [2.45, 2.75) is 32.7 Å². The minimum atomic E-state index is 0.711. The van der Waals surface area contributed by atoms with Gasteiger partial charge in [0.15, 0.2) is 5.96 Å². The molecule has 2 rings (SSSR count). The first kappa shape index (κ1) is 21.4. The molecule has 7 nitrogen and oxygen atoms in total. The summed E-state index contributed by atoms with van der Waals surface area (Å²) in [5.74, 6) is 1.88. The number of piperazine rings is 1. The van der Waals surface area contributed by atoms with Gasteiger partial charge in [0.05, 0.1) is 0 Å². The number of likely N-dealkylation sites (N-methyl/N-ethyl adjacent to an activating group) is 1. The Bertz CT molecular complexity index is 540. The third-order valence-electron chi connectivity index (χ3n) is 4.72. The second-order valence-corrected chi connectivity index (χ2v) is 6.99. The van der Waals surface area contributed by atoms with Crippen molar-refractivity contribution in [3.63, 3.8) is 0 Å². The number of unbranched alkanes of at least 4 members (excludes halogenated alkanes) is 1. The van der Waals surface area contributed by atoms with Gasteiger partial charge in [-0.2, -0.15) is 0 Å². The highest BCUT2D eigenvalue weighted by atomic mass is 16.5. The van der Waals surface area contributed by atoms with Gasteiger partial charge in [-0.05, 0) is 31.5 Å². The molecule has 1 aliphatic heterocycles. The van der Waals surface area contributed by atoms with E-state index in [0.29, 0.717) is 6.54 Å². The second kappa shape index (κ2) is 12.5. The fraction of sp³-hybridized carbons (Fsp3) is 0.700. The SMILES string of the molecule is CCCCOCCCNC(=NC)NCc1ccc(N2CCN(C)CC2)nc1. The van der Waals surface area contributed by atoms with Gasteiger partial charge in [0.25, 0.3) is 0 Å². The highest BCUT2D eigenvalue weighted by Gasteiger charge is 2.14. The van der Waals surface area contributed by atoms with E-state index in [-0.39, 0.29) is 0 Å². The molecule has 1 aromatic rings. The molecule has 0 amide bonds. The van der Waals surface area contributed by atoms with Crippen LogP contribution in [0.25, 0.3) is 0 Å². The van der Waals surface area contributed by atoms with Gasteiger partial charge in [-0.15, -0.1) is 0 Å². The van der Waals surface area contributed by atoms with E-state index in [4.69, 9.17) is 4.74 Å². The summed E-state index contributed by atoms with van der Waals surface area (Å²) in [5.41, 5.74) is 1.15. The molecule has 0 aromatic carbocycles. The fourth-order valence-corrected chi connectivity index (χ4v) is 2.88. The summed E-state index contributed by atoms with van der Waals surface area (Å²) in [6, 6.07) is 4.26. The maximum absolute atomic E-state index is 5.57. The Morgan fingerprint density at radius 3 is 2.59 bits per heavy atom. The quantitative estimate of drug-likeness (QED) is 0.368. The standard InChI is InChI=1S/C20H36N6O/c1-4-5-14-27-15-6-9-22-20(21-2)24-17-18-7-8-19(23-16-18)26-12-10-25(3)11-13-26/h7-8,16H,4-6,9-15,17H2,1-3H3,(H2,21,22,24). The van der Waals surface area contributed by atoms with Crippen LogP contribution in [0.2, 0.25) is 0 Å². The number of guanidine groups is 1. The molecule has 27 heavy (non-hydrogen) atoms. The Hall–Kier alpha value is -1.86. The molecule has 2 N–H and O–H groups in total. The summed E-state index contributed by atoms with van der Waals surface area (Å²) in [4.78, 5) is 13.6. The van der Waals surface area contributed by atoms with E-state index in [1.54, 1.807) is 7.05 Å². The van der Waals surface area contributed by atoms with Gasteiger partial charge >= 0.3 is 0 Å². The van der Waals surface area contributed by atoms with Gasteiger partial charge in [0.1, 0.15) is 5.82 Å². The Balaban J connectivity index is 1.65. The molecule has 2 heterocycles. The highest BCUT2D eigenvalue weighted by molar-refractivity contribution is 5.79. The zero-order chi connectivity index (χ0) is 19.3. The molecule has 0 saturated carbocycles. The van der Waals surface area contributed by atoms with Gasteiger partial charge in [0, 0.05) is 65.7 Å². The maximum Gasteiger partial charge on any atom is 0.191 e. The molecule has 0 atom stereocenters. The fourth-order valence-electron chi connectivity index (χ4n) is 2.88. The zero-order valence-corrected chi connectivity index (χ0v) is 17.2. The normalized spacial score (nSPS) is 15.8. The molecule has 152 valence electrons. The van der Waals surface area contributed by atoms with Crippen molar-refractivity contribution in [3.05, 3.63) is 23.9 Å². The van der Waals surface area contributed by atoms with Crippen molar-refractivity contribution in [2.75, 3.05) is 64.9 Å². The lowest BCUT2D eigenvalue weighted by Gasteiger charge is -2.33. The molecule has 0 radical (unpaired) electrons. The number of anilines is 1. The number of hydrogen-bond acceptors (Lipinski definition) is 5. The number of aliphatic imine (C=N–C) groups is 1. The van der Waals surface area contributed by atoms with Crippen molar-refractivity contribution in [1.82, 2.24) is 20.5 Å². The summed E-state index contributed by atoms with van der Waals surface area (Å²) >= 11 is 0. The van der Waals surface area contributed by atoms with Crippen LogP contribution in [0, 0.1) is 0 Å². The molecule has 1 fully saturated rings. The Kier molecular flexibility index (Phi) is 9.94. The summed E-state index contributed by atoms with van der Waals surface area (Å²) in [6.07, 6.45) is 5.25. The predicted molar refractivity (Wildman–Crippen MR) is 112 cm³/mol.